The summed E-state index contributed by atoms with van der Waals surface area (Å²) in [6, 6.07) is 11.4. The van der Waals surface area contributed by atoms with Gasteiger partial charge in [0.05, 0.1) is 6.61 Å². The smallest absolute Gasteiger partial charge is 0.251 e. The second-order valence-electron chi connectivity index (χ2n) is 4.63. The van der Waals surface area contributed by atoms with E-state index in [2.05, 4.69) is 17.2 Å². The lowest BCUT2D eigenvalue weighted by atomic mass is 10.1. The Morgan fingerprint density at radius 1 is 1.19 bits per heavy atom. The van der Waals surface area contributed by atoms with Crippen LogP contribution in [0.15, 0.2) is 42.6 Å². The topological polar surface area (TPSA) is 51.2 Å². The molecule has 0 fully saturated rings. The molecule has 0 atom stereocenters. The normalized spacial score (nSPS) is 10.2. The monoisotopic (exact) mass is 284 g/mol. The number of carbonyl (C=O) groups excluding carboxylic acids is 1. The van der Waals surface area contributed by atoms with Crippen LogP contribution in [0.25, 0.3) is 0 Å². The van der Waals surface area contributed by atoms with E-state index in [0.29, 0.717) is 24.6 Å². The molecule has 2 aromatic rings. The maximum Gasteiger partial charge on any atom is 0.251 e. The number of ether oxygens (including phenoxy) is 1. The zero-order chi connectivity index (χ0) is 15.1. The van der Waals surface area contributed by atoms with E-state index < -0.39 is 0 Å². The van der Waals surface area contributed by atoms with Crippen LogP contribution in [0, 0.1) is 0 Å². The van der Waals surface area contributed by atoms with E-state index in [4.69, 9.17) is 4.74 Å². The summed E-state index contributed by atoms with van der Waals surface area (Å²) in [5.74, 6) is 0.477. The third kappa shape index (κ3) is 4.05. The maximum absolute atomic E-state index is 12.1. The molecule has 2 rings (SSSR count). The van der Waals surface area contributed by atoms with Gasteiger partial charge in [-0.25, -0.2) is 4.98 Å². The summed E-state index contributed by atoms with van der Waals surface area (Å²) >= 11 is 0. The van der Waals surface area contributed by atoms with Crippen molar-refractivity contribution in [1.82, 2.24) is 10.3 Å². The minimum atomic E-state index is -0.0936. The standard InChI is InChI=1S/C17H20N2O2/c1-3-13-7-9-14(10-8-13)16(20)19-12-15-6-5-11-18-17(15)21-4-2/h5-11H,3-4,12H2,1-2H3,(H,19,20). The molecule has 1 aromatic heterocycles. The van der Waals surface area contributed by atoms with E-state index in [0.717, 1.165) is 12.0 Å². The van der Waals surface area contributed by atoms with Crippen molar-refractivity contribution in [3.8, 4) is 5.88 Å². The summed E-state index contributed by atoms with van der Waals surface area (Å²) in [6.07, 6.45) is 2.65. The zero-order valence-electron chi connectivity index (χ0n) is 12.4. The quantitative estimate of drug-likeness (QED) is 0.887. The minimum absolute atomic E-state index is 0.0936. The van der Waals surface area contributed by atoms with Gasteiger partial charge in [-0.1, -0.05) is 25.1 Å². The Labute approximate surface area is 125 Å². The van der Waals surface area contributed by atoms with Crippen LogP contribution in [0.5, 0.6) is 5.88 Å². The number of benzene rings is 1. The molecule has 0 aliphatic rings. The Morgan fingerprint density at radius 3 is 2.62 bits per heavy atom. The lowest BCUT2D eigenvalue weighted by Gasteiger charge is -2.10. The van der Waals surface area contributed by atoms with Crippen molar-refractivity contribution in [2.24, 2.45) is 0 Å². The Bertz CT molecular complexity index is 594. The second kappa shape index (κ2) is 7.43. The first-order chi connectivity index (χ1) is 10.2. The third-order valence-electron chi connectivity index (χ3n) is 3.19. The molecule has 0 bridgehead atoms. The number of carbonyl (C=O) groups is 1. The molecule has 0 saturated heterocycles. The molecular weight excluding hydrogens is 264 g/mol. The van der Waals surface area contributed by atoms with Gasteiger partial charge in [0.1, 0.15) is 0 Å². The lowest BCUT2D eigenvalue weighted by molar-refractivity contribution is 0.0950. The molecular formula is C17H20N2O2. The van der Waals surface area contributed by atoms with E-state index in [-0.39, 0.29) is 5.91 Å². The van der Waals surface area contributed by atoms with Crippen LogP contribution in [-0.4, -0.2) is 17.5 Å². The summed E-state index contributed by atoms with van der Waals surface area (Å²) < 4.78 is 5.44. The summed E-state index contributed by atoms with van der Waals surface area (Å²) in [4.78, 5) is 16.3. The van der Waals surface area contributed by atoms with Gasteiger partial charge in [-0.3, -0.25) is 4.79 Å². The van der Waals surface area contributed by atoms with Gasteiger partial charge in [0.15, 0.2) is 0 Å². The summed E-state index contributed by atoms with van der Waals surface area (Å²) in [5, 5.41) is 2.89. The van der Waals surface area contributed by atoms with Crippen molar-refractivity contribution in [2.75, 3.05) is 6.61 Å². The molecule has 0 unspecified atom stereocenters. The Morgan fingerprint density at radius 2 is 1.95 bits per heavy atom. The number of nitrogens with one attached hydrogen (secondary N) is 1. The first-order valence-corrected chi connectivity index (χ1v) is 7.18. The van der Waals surface area contributed by atoms with Gasteiger partial charge in [0.25, 0.3) is 5.91 Å². The van der Waals surface area contributed by atoms with E-state index in [9.17, 15) is 4.79 Å². The summed E-state index contributed by atoms with van der Waals surface area (Å²) in [7, 11) is 0. The molecule has 1 N–H and O–H groups in total. The van der Waals surface area contributed by atoms with Crippen molar-refractivity contribution in [3.63, 3.8) is 0 Å². The number of pyridine rings is 1. The number of hydrogen-bond donors (Lipinski definition) is 1. The van der Waals surface area contributed by atoms with Crippen LogP contribution in [0.2, 0.25) is 0 Å². The van der Waals surface area contributed by atoms with Crippen LogP contribution in [-0.2, 0) is 13.0 Å². The van der Waals surface area contributed by atoms with Gasteiger partial charge >= 0.3 is 0 Å². The number of nitrogens with zero attached hydrogens (tertiary/aromatic N) is 1. The average molecular weight is 284 g/mol. The van der Waals surface area contributed by atoms with Crippen molar-refractivity contribution in [2.45, 2.75) is 26.8 Å². The maximum atomic E-state index is 12.1. The molecule has 1 heterocycles. The molecule has 4 heteroatoms. The third-order valence-corrected chi connectivity index (χ3v) is 3.19. The SMILES string of the molecule is CCOc1ncccc1CNC(=O)c1ccc(CC)cc1. The molecule has 1 aromatic carbocycles. The highest BCUT2D eigenvalue weighted by Gasteiger charge is 2.08. The predicted octanol–water partition coefficient (Wildman–Crippen LogP) is 2.97. The molecule has 0 saturated carbocycles. The van der Waals surface area contributed by atoms with Gasteiger partial charge < -0.3 is 10.1 Å². The zero-order valence-corrected chi connectivity index (χ0v) is 12.4. The molecule has 0 aliphatic heterocycles. The second-order valence-corrected chi connectivity index (χ2v) is 4.63. The Balaban J connectivity index is 2.00. The number of aryl methyl sites for hydroxylation is 1. The Hall–Kier alpha value is -2.36. The van der Waals surface area contributed by atoms with Crippen LogP contribution in [0.1, 0.15) is 35.3 Å². The van der Waals surface area contributed by atoms with Crippen LogP contribution in [0.4, 0.5) is 0 Å². The highest BCUT2D eigenvalue weighted by atomic mass is 16.5. The van der Waals surface area contributed by atoms with Gasteiger partial charge in [-0.05, 0) is 37.1 Å². The van der Waals surface area contributed by atoms with Crippen molar-refractivity contribution < 1.29 is 9.53 Å². The van der Waals surface area contributed by atoms with Gasteiger partial charge in [-0.15, -0.1) is 0 Å². The molecule has 0 aliphatic carbocycles. The fraction of sp³-hybridized carbons (Fsp3) is 0.294. The molecule has 0 spiro atoms. The number of amides is 1. The molecule has 4 nitrogen and oxygen atoms in total. The molecule has 1 amide bonds. The fourth-order valence-corrected chi connectivity index (χ4v) is 1.99. The van der Waals surface area contributed by atoms with E-state index in [1.165, 1.54) is 5.56 Å². The van der Waals surface area contributed by atoms with Crippen molar-refractivity contribution in [1.29, 1.82) is 0 Å². The molecule has 110 valence electrons. The van der Waals surface area contributed by atoms with Gasteiger partial charge in [0.2, 0.25) is 5.88 Å². The van der Waals surface area contributed by atoms with Crippen LogP contribution >= 0.6 is 0 Å². The number of rotatable bonds is 6. The number of hydrogen-bond acceptors (Lipinski definition) is 3. The number of aromatic nitrogens is 1. The largest absolute Gasteiger partial charge is 0.478 e. The minimum Gasteiger partial charge on any atom is -0.478 e. The first-order valence-electron chi connectivity index (χ1n) is 7.18. The predicted molar refractivity (Wildman–Crippen MR) is 82.4 cm³/mol. The summed E-state index contributed by atoms with van der Waals surface area (Å²) in [6.45, 7) is 4.95. The van der Waals surface area contributed by atoms with Crippen LogP contribution < -0.4 is 10.1 Å². The highest BCUT2D eigenvalue weighted by molar-refractivity contribution is 5.94. The fourth-order valence-electron chi connectivity index (χ4n) is 1.99. The van der Waals surface area contributed by atoms with E-state index in [1.807, 2.05) is 43.3 Å². The van der Waals surface area contributed by atoms with E-state index in [1.54, 1.807) is 6.20 Å². The van der Waals surface area contributed by atoms with E-state index >= 15 is 0 Å². The lowest BCUT2D eigenvalue weighted by Crippen LogP contribution is -2.23. The molecule has 21 heavy (non-hydrogen) atoms. The molecule has 0 radical (unpaired) electrons. The highest BCUT2D eigenvalue weighted by Crippen LogP contribution is 2.14. The van der Waals surface area contributed by atoms with Crippen molar-refractivity contribution in [3.05, 3.63) is 59.3 Å². The van der Waals surface area contributed by atoms with Crippen LogP contribution in [0.3, 0.4) is 0 Å². The van der Waals surface area contributed by atoms with Crippen molar-refractivity contribution >= 4 is 5.91 Å². The first kappa shape index (κ1) is 15.0. The average Bonchev–Trinajstić information content (AvgIpc) is 2.54. The van der Waals surface area contributed by atoms with Gasteiger partial charge in [-0.2, -0.15) is 0 Å². The van der Waals surface area contributed by atoms with Gasteiger partial charge in [0, 0.05) is 23.9 Å². The summed E-state index contributed by atoms with van der Waals surface area (Å²) in [5.41, 5.74) is 2.75. The Kier molecular flexibility index (Phi) is 5.32.